The molecular formula is C25H22BrN3O3S. The van der Waals surface area contributed by atoms with Crippen LogP contribution < -0.4 is 4.74 Å². The van der Waals surface area contributed by atoms with E-state index >= 15 is 0 Å². The Morgan fingerprint density at radius 2 is 1.91 bits per heavy atom. The van der Waals surface area contributed by atoms with Crippen molar-refractivity contribution in [3.63, 3.8) is 0 Å². The zero-order valence-corrected chi connectivity index (χ0v) is 20.4. The van der Waals surface area contributed by atoms with Gasteiger partial charge in [0.2, 0.25) is 5.91 Å². The number of carbonyl (C=O) groups excluding carboxylic acids is 1. The summed E-state index contributed by atoms with van der Waals surface area (Å²) < 4.78 is 12.1. The van der Waals surface area contributed by atoms with Crippen molar-refractivity contribution >= 4 is 45.0 Å². The van der Waals surface area contributed by atoms with Gasteiger partial charge in [0.1, 0.15) is 17.3 Å². The van der Waals surface area contributed by atoms with Crippen molar-refractivity contribution in [3.05, 3.63) is 89.1 Å². The van der Waals surface area contributed by atoms with Crippen LogP contribution in [0.3, 0.4) is 0 Å². The van der Waals surface area contributed by atoms with Crippen LogP contribution >= 0.6 is 27.7 Å². The predicted octanol–water partition coefficient (Wildman–Crippen LogP) is 5.78. The first-order valence-electron chi connectivity index (χ1n) is 10.3. The number of thioether (sulfide) groups is 1. The van der Waals surface area contributed by atoms with E-state index in [1.165, 1.54) is 11.8 Å². The first-order valence-corrected chi connectivity index (χ1v) is 11.9. The summed E-state index contributed by atoms with van der Waals surface area (Å²) >= 11 is 4.84. The molecule has 1 fully saturated rings. The third-order valence-corrected chi connectivity index (χ3v) is 6.69. The molecule has 0 unspecified atom stereocenters. The summed E-state index contributed by atoms with van der Waals surface area (Å²) in [6, 6.07) is 19.3. The van der Waals surface area contributed by atoms with E-state index in [2.05, 4.69) is 32.7 Å². The number of halogens is 1. The van der Waals surface area contributed by atoms with E-state index in [1.54, 1.807) is 24.3 Å². The van der Waals surface area contributed by atoms with Crippen molar-refractivity contribution in [1.29, 1.82) is 0 Å². The van der Waals surface area contributed by atoms with E-state index < -0.39 is 0 Å². The molecule has 1 aliphatic heterocycles. The largest absolute Gasteiger partial charge is 0.497 e. The predicted molar refractivity (Wildman–Crippen MR) is 137 cm³/mol. The highest BCUT2D eigenvalue weighted by Gasteiger charge is 2.37. The highest BCUT2D eigenvalue weighted by Crippen LogP contribution is 2.30. The molecule has 0 spiro atoms. The van der Waals surface area contributed by atoms with Gasteiger partial charge in [0.25, 0.3) is 0 Å². The topological polar surface area (TPSA) is 67.4 Å². The molecule has 168 valence electrons. The maximum Gasteiger partial charge on any atom is 0.242 e. The number of furan rings is 1. The molecule has 0 N–H and O–H groups in total. The number of benzene rings is 2. The third-order valence-electron chi connectivity index (χ3n) is 5.00. The molecule has 0 radical (unpaired) electrons. The Morgan fingerprint density at radius 3 is 2.61 bits per heavy atom. The van der Waals surface area contributed by atoms with Crippen molar-refractivity contribution in [2.45, 2.75) is 11.7 Å². The SMILES string of the molecule is C=CCN1C(=O)[C@H](Cc2ccc(OC)cc2)S/C1=N/N=C\c1ccc(-c2ccc(Br)cc2)o1. The summed E-state index contributed by atoms with van der Waals surface area (Å²) in [5, 5.41) is 8.76. The summed E-state index contributed by atoms with van der Waals surface area (Å²) in [5.41, 5.74) is 2.03. The molecule has 0 saturated carbocycles. The Bertz CT molecular complexity index is 1190. The van der Waals surface area contributed by atoms with E-state index in [0.717, 1.165) is 27.1 Å². The van der Waals surface area contributed by atoms with Crippen LogP contribution in [-0.4, -0.2) is 41.1 Å². The summed E-state index contributed by atoms with van der Waals surface area (Å²) in [6.45, 7) is 4.14. The molecule has 4 rings (SSSR count). The molecule has 0 bridgehead atoms. The number of nitrogens with zero attached hydrogens (tertiary/aromatic N) is 3. The van der Waals surface area contributed by atoms with Crippen LogP contribution in [0, 0.1) is 0 Å². The zero-order chi connectivity index (χ0) is 23.2. The van der Waals surface area contributed by atoms with Gasteiger partial charge < -0.3 is 9.15 Å². The fourth-order valence-corrected chi connectivity index (χ4v) is 4.72. The minimum Gasteiger partial charge on any atom is -0.497 e. The van der Waals surface area contributed by atoms with Gasteiger partial charge >= 0.3 is 0 Å². The zero-order valence-electron chi connectivity index (χ0n) is 18.0. The summed E-state index contributed by atoms with van der Waals surface area (Å²) in [6.07, 6.45) is 3.83. The molecule has 1 aliphatic rings. The maximum atomic E-state index is 12.9. The molecule has 33 heavy (non-hydrogen) atoms. The lowest BCUT2D eigenvalue weighted by molar-refractivity contribution is -0.125. The molecule has 0 aliphatic carbocycles. The van der Waals surface area contributed by atoms with E-state index in [9.17, 15) is 4.79 Å². The maximum absolute atomic E-state index is 12.9. The Kier molecular flexibility index (Phi) is 7.47. The van der Waals surface area contributed by atoms with Crippen molar-refractivity contribution < 1.29 is 13.9 Å². The number of ether oxygens (including phenoxy) is 1. The lowest BCUT2D eigenvalue weighted by Gasteiger charge is -2.12. The van der Waals surface area contributed by atoms with Crippen LogP contribution in [0.25, 0.3) is 11.3 Å². The van der Waals surface area contributed by atoms with Crippen LogP contribution in [0.1, 0.15) is 11.3 Å². The van der Waals surface area contributed by atoms with Crippen LogP contribution in [0.4, 0.5) is 0 Å². The molecule has 3 aromatic rings. The van der Waals surface area contributed by atoms with Crippen molar-refractivity contribution in [1.82, 2.24) is 4.90 Å². The number of rotatable bonds is 8. The number of methoxy groups -OCH3 is 1. The molecule has 2 heterocycles. The Morgan fingerprint density at radius 1 is 1.15 bits per heavy atom. The third kappa shape index (κ3) is 5.64. The second kappa shape index (κ2) is 10.7. The number of amidine groups is 1. The minimum atomic E-state index is -0.264. The molecule has 1 aromatic heterocycles. The Hall–Kier alpha value is -3.10. The normalized spacial score (nSPS) is 17.3. The molecule has 1 saturated heterocycles. The smallest absolute Gasteiger partial charge is 0.242 e. The fourth-order valence-electron chi connectivity index (χ4n) is 3.32. The Balaban J connectivity index is 1.46. The van der Waals surface area contributed by atoms with Gasteiger partial charge in [-0.05, 0) is 48.4 Å². The monoisotopic (exact) mass is 523 g/mol. The Labute approximate surface area is 205 Å². The van der Waals surface area contributed by atoms with E-state index in [-0.39, 0.29) is 11.2 Å². The number of hydrogen-bond donors (Lipinski definition) is 0. The van der Waals surface area contributed by atoms with Gasteiger partial charge in [-0.3, -0.25) is 9.69 Å². The highest BCUT2D eigenvalue weighted by atomic mass is 79.9. The summed E-state index contributed by atoms with van der Waals surface area (Å²) in [5.74, 6) is 2.11. The van der Waals surface area contributed by atoms with E-state index in [0.29, 0.717) is 23.9 Å². The molecular weight excluding hydrogens is 502 g/mol. The first kappa shape index (κ1) is 23.1. The average Bonchev–Trinajstić information content (AvgIpc) is 3.41. The van der Waals surface area contributed by atoms with Gasteiger partial charge in [0, 0.05) is 16.6 Å². The summed E-state index contributed by atoms with van der Waals surface area (Å²) in [7, 11) is 1.63. The molecule has 1 atom stereocenters. The standard InChI is InChI=1S/C25H22BrN3O3S/c1-3-14-29-24(30)23(15-17-4-10-20(31-2)11-5-17)33-25(29)28-27-16-21-12-13-22(32-21)18-6-8-19(26)9-7-18/h3-13,16,23H,1,14-15H2,2H3/b27-16-,28-25+/t23-/m0/s1. The van der Waals surface area contributed by atoms with Gasteiger partial charge in [-0.1, -0.05) is 58.0 Å². The summed E-state index contributed by atoms with van der Waals surface area (Å²) in [4.78, 5) is 14.5. The number of hydrogen-bond acceptors (Lipinski definition) is 6. The lowest BCUT2D eigenvalue weighted by atomic mass is 10.1. The second-order valence-corrected chi connectivity index (χ2v) is 9.32. The molecule has 6 nitrogen and oxygen atoms in total. The molecule has 2 aromatic carbocycles. The highest BCUT2D eigenvalue weighted by molar-refractivity contribution is 9.10. The fraction of sp³-hybridized carbons (Fsp3) is 0.160. The quantitative estimate of drug-likeness (QED) is 0.213. The lowest BCUT2D eigenvalue weighted by Crippen LogP contribution is -2.32. The molecule has 8 heteroatoms. The van der Waals surface area contributed by atoms with Gasteiger partial charge in [0.05, 0.1) is 18.6 Å². The number of carbonyl (C=O) groups is 1. The van der Waals surface area contributed by atoms with Crippen LogP contribution in [0.5, 0.6) is 5.75 Å². The van der Waals surface area contributed by atoms with E-state index in [1.807, 2.05) is 60.7 Å². The number of amides is 1. The van der Waals surface area contributed by atoms with Gasteiger partial charge in [-0.25, -0.2) is 0 Å². The van der Waals surface area contributed by atoms with Crippen molar-refractivity contribution in [3.8, 4) is 17.1 Å². The minimum absolute atomic E-state index is 0.000177. The van der Waals surface area contributed by atoms with Crippen LogP contribution in [0.15, 0.2) is 92.4 Å². The average molecular weight is 524 g/mol. The van der Waals surface area contributed by atoms with Crippen molar-refractivity contribution in [2.75, 3.05) is 13.7 Å². The van der Waals surface area contributed by atoms with Gasteiger partial charge in [0.15, 0.2) is 5.17 Å². The van der Waals surface area contributed by atoms with Gasteiger partial charge in [-0.15, -0.1) is 11.7 Å². The van der Waals surface area contributed by atoms with Gasteiger partial charge in [-0.2, -0.15) is 5.10 Å². The van der Waals surface area contributed by atoms with Crippen LogP contribution in [-0.2, 0) is 11.2 Å². The van der Waals surface area contributed by atoms with Crippen LogP contribution in [0.2, 0.25) is 0 Å². The second-order valence-electron chi connectivity index (χ2n) is 7.23. The van der Waals surface area contributed by atoms with Crippen molar-refractivity contribution in [2.24, 2.45) is 10.2 Å². The first-order chi connectivity index (χ1) is 16.1. The molecule has 1 amide bonds. The van der Waals surface area contributed by atoms with E-state index in [4.69, 9.17) is 9.15 Å².